The third-order valence-corrected chi connectivity index (χ3v) is 3.73. The molecule has 21 heavy (non-hydrogen) atoms. The van der Waals surface area contributed by atoms with Gasteiger partial charge in [0.2, 0.25) is 0 Å². The van der Waals surface area contributed by atoms with Gasteiger partial charge in [0.1, 0.15) is 17.2 Å². The first-order chi connectivity index (χ1) is 10.2. The van der Waals surface area contributed by atoms with Crippen molar-refractivity contribution in [3.8, 4) is 0 Å². The van der Waals surface area contributed by atoms with Gasteiger partial charge in [-0.2, -0.15) is 0 Å². The summed E-state index contributed by atoms with van der Waals surface area (Å²) < 4.78 is 15.7. The molecule has 0 N–H and O–H groups in total. The Labute approximate surface area is 127 Å². The molecule has 0 saturated heterocycles. The van der Waals surface area contributed by atoms with Crippen LogP contribution in [0.2, 0.25) is 0 Å². The number of halogens is 2. The largest absolute Gasteiger partial charge is 0.311 e. The second kappa shape index (κ2) is 5.82. The predicted octanol–water partition coefficient (Wildman–Crippen LogP) is 3.86. The molecule has 0 spiro atoms. The molecule has 0 atom stereocenters. The fraction of sp³-hybridized carbons (Fsp3) is 0.250. The minimum absolute atomic E-state index is 0.182. The van der Waals surface area contributed by atoms with E-state index in [-0.39, 0.29) is 5.82 Å². The summed E-state index contributed by atoms with van der Waals surface area (Å²) in [7, 11) is 0. The van der Waals surface area contributed by atoms with E-state index in [0.717, 1.165) is 22.7 Å². The van der Waals surface area contributed by atoms with E-state index < -0.39 is 0 Å². The molecule has 5 heteroatoms. The van der Waals surface area contributed by atoms with Crippen molar-refractivity contribution in [1.82, 2.24) is 14.5 Å². The zero-order valence-electron chi connectivity index (χ0n) is 11.7. The number of alkyl halides is 1. The van der Waals surface area contributed by atoms with Gasteiger partial charge in [0, 0.05) is 12.2 Å². The normalized spacial score (nSPS) is 11.2. The molecule has 0 aliphatic heterocycles. The molecule has 2 heterocycles. The quantitative estimate of drug-likeness (QED) is 0.685. The van der Waals surface area contributed by atoms with Gasteiger partial charge in [-0.25, -0.2) is 14.4 Å². The van der Waals surface area contributed by atoms with E-state index in [1.807, 2.05) is 29.7 Å². The maximum Gasteiger partial charge on any atom is 0.160 e. The highest BCUT2D eigenvalue weighted by atomic mass is 35.5. The number of hydrogen-bond acceptors (Lipinski definition) is 2. The lowest BCUT2D eigenvalue weighted by Gasteiger charge is -2.08. The van der Waals surface area contributed by atoms with Crippen molar-refractivity contribution in [2.24, 2.45) is 0 Å². The summed E-state index contributed by atoms with van der Waals surface area (Å²) in [6.07, 6.45) is 0.581. The molecular weight excluding hydrogens is 289 g/mol. The van der Waals surface area contributed by atoms with Crippen molar-refractivity contribution < 1.29 is 4.39 Å². The summed E-state index contributed by atoms with van der Waals surface area (Å²) >= 11 is 5.97. The van der Waals surface area contributed by atoms with Gasteiger partial charge in [0.15, 0.2) is 5.65 Å². The van der Waals surface area contributed by atoms with E-state index >= 15 is 0 Å². The minimum Gasteiger partial charge on any atom is -0.311 e. The van der Waals surface area contributed by atoms with Crippen molar-refractivity contribution in [1.29, 1.82) is 0 Å². The standard InChI is InChI=1S/C16H15ClFN3/c1-11-6-7-14-16(19-11)21(15(10-17)20-14)9-8-12-4-2-3-5-13(12)18/h2-7H,8-10H2,1H3. The fourth-order valence-corrected chi connectivity index (χ4v) is 2.62. The first kappa shape index (κ1) is 14.0. The molecule has 108 valence electrons. The van der Waals surface area contributed by atoms with Gasteiger partial charge in [-0.15, -0.1) is 11.6 Å². The monoisotopic (exact) mass is 303 g/mol. The van der Waals surface area contributed by atoms with Crippen LogP contribution in [-0.2, 0) is 18.8 Å². The van der Waals surface area contributed by atoms with E-state index in [0.29, 0.717) is 24.4 Å². The van der Waals surface area contributed by atoms with Gasteiger partial charge in [-0.3, -0.25) is 0 Å². The Morgan fingerprint density at radius 3 is 2.71 bits per heavy atom. The first-order valence-electron chi connectivity index (χ1n) is 6.81. The summed E-state index contributed by atoms with van der Waals surface area (Å²) in [6.45, 7) is 2.55. The number of benzene rings is 1. The Morgan fingerprint density at radius 2 is 1.95 bits per heavy atom. The molecule has 0 saturated carbocycles. The van der Waals surface area contributed by atoms with Crippen LogP contribution in [0.4, 0.5) is 4.39 Å². The van der Waals surface area contributed by atoms with Gasteiger partial charge < -0.3 is 4.57 Å². The van der Waals surface area contributed by atoms with E-state index in [9.17, 15) is 4.39 Å². The topological polar surface area (TPSA) is 30.7 Å². The highest BCUT2D eigenvalue weighted by Gasteiger charge is 2.12. The van der Waals surface area contributed by atoms with Crippen molar-refractivity contribution in [3.63, 3.8) is 0 Å². The third kappa shape index (κ3) is 2.76. The van der Waals surface area contributed by atoms with Crippen molar-refractivity contribution in [3.05, 3.63) is 59.3 Å². The van der Waals surface area contributed by atoms with E-state index in [1.54, 1.807) is 12.1 Å². The molecule has 0 bridgehead atoms. The molecule has 3 rings (SSSR count). The van der Waals surface area contributed by atoms with Crippen LogP contribution in [-0.4, -0.2) is 14.5 Å². The summed E-state index contributed by atoms with van der Waals surface area (Å²) in [5.41, 5.74) is 3.25. The van der Waals surface area contributed by atoms with Gasteiger partial charge in [0.25, 0.3) is 0 Å². The first-order valence-corrected chi connectivity index (χ1v) is 7.34. The van der Waals surface area contributed by atoms with Crippen molar-refractivity contribution >= 4 is 22.8 Å². The highest BCUT2D eigenvalue weighted by Crippen LogP contribution is 2.18. The van der Waals surface area contributed by atoms with Crippen LogP contribution in [0.25, 0.3) is 11.2 Å². The molecule has 2 aromatic heterocycles. The maximum atomic E-state index is 13.7. The average Bonchev–Trinajstić information content (AvgIpc) is 2.83. The van der Waals surface area contributed by atoms with Crippen LogP contribution in [0.3, 0.4) is 0 Å². The summed E-state index contributed by atoms with van der Waals surface area (Å²) in [4.78, 5) is 9.01. The number of aryl methyl sites for hydroxylation is 3. The molecule has 0 fully saturated rings. The van der Waals surface area contributed by atoms with Gasteiger partial charge in [-0.05, 0) is 37.1 Å². The van der Waals surface area contributed by atoms with E-state index in [4.69, 9.17) is 11.6 Å². The second-order valence-electron chi connectivity index (χ2n) is 4.95. The molecule has 3 aromatic rings. The highest BCUT2D eigenvalue weighted by molar-refractivity contribution is 6.16. The van der Waals surface area contributed by atoms with Crippen LogP contribution in [0.1, 0.15) is 17.1 Å². The lowest BCUT2D eigenvalue weighted by molar-refractivity contribution is 0.592. The summed E-state index contributed by atoms with van der Waals surface area (Å²) in [6, 6.07) is 10.7. The molecule has 3 nitrogen and oxygen atoms in total. The van der Waals surface area contributed by atoms with Gasteiger partial charge >= 0.3 is 0 Å². The van der Waals surface area contributed by atoms with Crippen molar-refractivity contribution in [2.75, 3.05) is 0 Å². The van der Waals surface area contributed by atoms with Gasteiger partial charge in [-0.1, -0.05) is 18.2 Å². The fourth-order valence-electron chi connectivity index (χ4n) is 2.41. The Balaban J connectivity index is 1.96. The Hall–Kier alpha value is -1.94. The summed E-state index contributed by atoms with van der Waals surface area (Å²) in [5.74, 6) is 0.895. The number of pyridine rings is 1. The molecule has 0 unspecified atom stereocenters. The smallest absolute Gasteiger partial charge is 0.160 e. The Morgan fingerprint density at radius 1 is 1.14 bits per heavy atom. The minimum atomic E-state index is -0.182. The average molecular weight is 304 g/mol. The van der Waals surface area contributed by atoms with Crippen LogP contribution < -0.4 is 0 Å². The number of nitrogens with zero attached hydrogens (tertiary/aromatic N) is 3. The third-order valence-electron chi connectivity index (χ3n) is 3.49. The van der Waals surface area contributed by atoms with Crippen LogP contribution >= 0.6 is 11.6 Å². The second-order valence-corrected chi connectivity index (χ2v) is 5.22. The molecule has 0 amide bonds. The van der Waals surface area contributed by atoms with Crippen molar-refractivity contribution in [2.45, 2.75) is 25.8 Å². The lowest BCUT2D eigenvalue weighted by atomic mass is 10.1. The zero-order valence-corrected chi connectivity index (χ0v) is 12.4. The number of imidazole rings is 1. The number of aromatic nitrogens is 3. The van der Waals surface area contributed by atoms with E-state index in [2.05, 4.69) is 9.97 Å². The molecular formula is C16H15ClFN3. The lowest BCUT2D eigenvalue weighted by Crippen LogP contribution is -2.07. The summed E-state index contributed by atoms with van der Waals surface area (Å²) in [5, 5.41) is 0. The maximum absolute atomic E-state index is 13.7. The predicted molar refractivity (Wildman–Crippen MR) is 81.9 cm³/mol. The Kier molecular flexibility index (Phi) is 3.88. The van der Waals surface area contributed by atoms with Crippen LogP contribution in [0.5, 0.6) is 0 Å². The molecule has 1 aromatic carbocycles. The van der Waals surface area contributed by atoms with Crippen LogP contribution in [0, 0.1) is 12.7 Å². The number of rotatable bonds is 4. The Bertz CT molecular complexity index is 782. The number of hydrogen-bond donors (Lipinski definition) is 0. The number of fused-ring (bicyclic) bond motifs is 1. The molecule has 0 radical (unpaired) electrons. The van der Waals surface area contributed by atoms with Gasteiger partial charge in [0.05, 0.1) is 5.88 Å². The molecule has 0 aliphatic carbocycles. The SMILES string of the molecule is Cc1ccc2nc(CCl)n(CCc3ccccc3F)c2n1. The zero-order chi connectivity index (χ0) is 14.8. The van der Waals surface area contributed by atoms with E-state index in [1.165, 1.54) is 6.07 Å². The molecule has 0 aliphatic rings. The van der Waals surface area contributed by atoms with Crippen LogP contribution in [0.15, 0.2) is 36.4 Å².